The van der Waals surface area contributed by atoms with Crippen LogP contribution < -0.4 is 4.74 Å². The normalized spacial score (nSPS) is 14.3. The van der Waals surface area contributed by atoms with Crippen molar-refractivity contribution < 1.29 is 4.74 Å². The summed E-state index contributed by atoms with van der Waals surface area (Å²) in [7, 11) is 1.60. The fourth-order valence-corrected chi connectivity index (χ4v) is 1.78. The minimum Gasteiger partial charge on any atom is -0.489 e. The SMILES string of the molecule is C=NN(C(=C)C(Cl)=NC)[C@@H](C)C(C)Oc1ccccc1. The molecule has 108 valence electrons. The number of para-hydroxylation sites is 1. The summed E-state index contributed by atoms with van der Waals surface area (Å²) < 4.78 is 5.87. The largest absolute Gasteiger partial charge is 0.489 e. The molecule has 0 spiro atoms. The number of hydrogen-bond acceptors (Lipinski definition) is 4. The van der Waals surface area contributed by atoms with Gasteiger partial charge in [0.1, 0.15) is 17.0 Å². The molecule has 0 aromatic heterocycles. The monoisotopic (exact) mass is 293 g/mol. The van der Waals surface area contributed by atoms with E-state index in [-0.39, 0.29) is 12.1 Å². The van der Waals surface area contributed by atoms with E-state index in [1.54, 1.807) is 12.1 Å². The first-order valence-electron chi connectivity index (χ1n) is 6.30. The topological polar surface area (TPSA) is 37.2 Å². The molecule has 0 saturated carbocycles. The highest BCUT2D eigenvalue weighted by molar-refractivity contribution is 6.69. The molecule has 4 nitrogen and oxygen atoms in total. The van der Waals surface area contributed by atoms with Gasteiger partial charge in [-0.2, -0.15) is 5.10 Å². The number of benzene rings is 1. The minimum absolute atomic E-state index is 0.0873. The van der Waals surface area contributed by atoms with E-state index < -0.39 is 0 Å². The van der Waals surface area contributed by atoms with Crippen LogP contribution in [0.5, 0.6) is 5.75 Å². The van der Waals surface area contributed by atoms with Crippen LogP contribution in [0.4, 0.5) is 0 Å². The average molecular weight is 294 g/mol. The van der Waals surface area contributed by atoms with E-state index in [0.717, 1.165) is 5.75 Å². The molecule has 20 heavy (non-hydrogen) atoms. The molecule has 1 rings (SSSR count). The Labute approximate surface area is 125 Å². The van der Waals surface area contributed by atoms with Gasteiger partial charge >= 0.3 is 0 Å². The second-order valence-electron chi connectivity index (χ2n) is 4.32. The van der Waals surface area contributed by atoms with Gasteiger partial charge in [0.15, 0.2) is 0 Å². The Bertz CT molecular complexity index is 487. The third-order valence-corrected chi connectivity index (χ3v) is 3.38. The third kappa shape index (κ3) is 4.10. The summed E-state index contributed by atoms with van der Waals surface area (Å²) in [6, 6.07) is 9.52. The molecule has 0 N–H and O–H groups in total. The summed E-state index contributed by atoms with van der Waals surface area (Å²) in [4.78, 5) is 3.90. The van der Waals surface area contributed by atoms with Crippen molar-refractivity contribution in [3.8, 4) is 5.75 Å². The zero-order valence-electron chi connectivity index (χ0n) is 12.1. The molecule has 0 radical (unpaired) electrons. The molecule has 0 aliphatic carbocycles. The lowest BCUT2D eigenvalue weighted by Crippen LogP contribution is -2.40. The molecule has 1 aromatic carbocycles. The number of ether oxygens (including phenoxy) is 1. The van der Waals surface area contributed by atoms with Crippen LogP contribution in [0.1, 0.15) is 13.8 Å². The van der Waals surface area contributed by atoms with Gasteiger partial charge in [0.05, 0.1) is 11.7 Å². The standard InChI is InChI=1S/C15H20ClN3O/c1-11(19(18-5)12(2)15(16)17-4)13(3)20-14-9-7-6-8-10-14/h6-11,13H,2,5H2,1,3-4H3/t11-,13?/m0/s1. The number of hydrogen-bond donors (Lipinski definition) is 0. The lowest BCUT2D eigenvalue weighted by Gasteiger charge is -2.31. The predicted octanol–water partition coefficient (Wildman–Crippen LogP) is 3.54. The summed E-state index contributed by atoms with van der Waals surface area (Å²) in [5, 5.41) is 5.87. The average Bonchev–Trinajstić information content (AvgIpc) is 2.47. The molecule has 0 fully saturated rings. The number of allylic oxidation sites excluding steroid dienone is 1. The Morgan fingerprint density at radius 3 is 2.40 bits per heavy atom. The van der Waals surface area contributed by atoms with Crippen LogP contribution in [0, 0.1) is 0 Å². The van der Waals surface area contributed by atoms with Crippen molar-refractivity contribution in [1.82, 2.24) is 5.01 Å². The Balaban J connectivity index is 2.78. The fourth-order valence-electron chi connectivity index (χ4n) is 1.69. The van der Waals surface area contributed by atoms with Crippen molar-refractivity contribution in [3.05, 3.63) is 42.6 Å². The van der Waals surface area contributed by atoms with Gasteiger partial charge in [-0.05, 0) is 26.0 Å². The van der Waals surface area contributed by atoms with Gasteiger partial charge in [-0.15, -0.1) is 0 Å². The van der Waals surface area contributed by atoms with Crippen LogP contribution in [-0.4, -0.2) is 36.1 Å². The van der Waals surface area contributed by atoms with Crippen molar-refractivity contribution in [3.63, 3.8) is 0 Å². The Kier molecular flexibility index (Phi) is 6.25. The van der Waals surface area contributed by atoms with E-state index in [4.69, 9.17) is 16.3 Å². The molecular weight excluding hydrogens is 274 g/mol. The van der Waals surface area contributed by atoms with Crippen LogP contribution in [0.3, 0.4) is 0 Å². The zero-order chi connectivity index (χ0) is 15.1. The first kappa shape index (κ1) is 16.2. The van der Waals surface area contributed by atoms with Crippen molar-refractivity contribution in [1.29, 1.82) is 0 Å². The van der Waals surface area contributed by atoms with Gasteiger partial charge in [0.2, 0.25) is 0 Å². The second-order valence-corrected chi connectivity index (χ2v) is 4.68. The Hall–Kier alpha value is -1.81. The maximum absolute atomic E-state index is 5.98. The molecule has 0 aliphatic heterocycles. The summed E-state index contributed by atoms with van der Waals surface area (Å²) in [5.41, 5.74) is 0.500. The molecule has 0 aliphatic rings. The van der Waals surface area contributed by atoms with Crippen LogP contribution >= 0.6 is 11.6 Å². The molecular formula is C15H20ClN3O. The number of aliphatic imine (C=N–C) groups is 1. The highest BCUT2D eigenvalue weighted by Gasteiger charge is 2.23. The van der Waals surface area contributed by atoms with E-state index in [0.29, 0.717) is 10.9 Å². The van der Waals surface area contributed by atoms with Crippen molar-refractivity contribution in [2.45, 2.75) is 26.0 Å². The van der Waals surface area contributed by atoms with E-state index >= 15 is 0 Å². The summed E-state index contributed by atoms with van der Waals surface area (Å²) in [6.07, 6.45) is -0.124. The van der Waals surface area contributed by atoms with E-state index in [9.17, 15) is 0 Å². The second kappa shape index (κ2) is 7.70. The molecule has 1 unspecified atom stereocenters. The van der Waals surface area contributed by atoms with Crippen LogP contribution in [0.25, 0.3) is 0 Å². The smallest absolute Gasteiger partial charge is 0.148 e. The van der Waals surface area contributed by atoms with Crippen molar-refractivity contribution in [2.24, 2.45) is 10.1 Å². The molecule has 2 atom stereocenters. The van der Waals surface area contributed by atoms with Gasteiger partial charge in [0, 0.05) is 13.8 Å². The molecule has 0 saturated heterocycles. The number of nitrogens with zero attached hydrogens (tertiary/aromatic N) is 3. The van der Waals surface area contributed by atoms with Gasteiger partial charge < -0.3 is 4.74 Å². The van der Waals surface area contributed by atoms with Crippen molar-refractivity contribution >= 4 is 23.5 Å². The zero-order valence-corrected chi connectivity index (χ0v) is 12.8. The molecule has 1 aromatic rings. The van der Waals surface area contributed by atoms with E-state index in [1.165, 1.54) is 0 Å². The number of halogens is 1. The summed E-state index contributed by atoms with van der Waals surface area (Å²) in [5.74, 6) is 0.803. The molecule has 0 heterocycles. The first-order valence-corrected chi connectivity index (χ1v) is 6.68. The lowest BCUT2D eigenvalue weighted by atomic mass is 10.2. The maximum Gasteiger partial charge on any atom is 0.148 e. The first-order chi connectivity index (χ1) is 9.51. The number of rotatable bonds is 7. The Morgan fingerprint density at radius 1 is 1.30 bits per heavy atom. The highest BCUT2D eigenvalue weighted by Crippen LogP contribution is 2.19. The van der Waals surface area contributed by atoms with Gasteiger partial charge in [-0.25, -0.2) is 0 Å². The van der Waals surface area contributed by atoms with Crippen molar-refractivity contribution in [2.75, 3.05) is 7.05 Å². The van der Waals surface area contributed by atoms with Crippen LogP contribution in [-0.2, 0) is 0 Å². The fraction of sp³-hybridized carbons (Fsp3) is 0.333. The number of hydrazone groups is 1. The minimum atomic E-state index is -0.124. The summed E-state index contributed by atoms with van der Waals surface area (Å²) in [6.45, 7) is 11.4. The maximum atomic E-state index is 5.98. The van der Waals surface area contributed by atoms with E-state index in [1.807, 2.05) is 44.2 Å². The van der Waals surface area contributed by atoms with Crippen LogP contribution in [0.15, 0.2) is 52.7 Å². The Morgan fingerprint density at radius 2 is 1.90 bits per heavy atom. The quantitative estimate of drug-likeness (QED) is 0.569. The van der Waals surface area contributed by atoms with Gasteiger partial charge in [-0.1, -0.05) is 36.4 Å². The van der Waals surface area contributed by atoms with Gasteiger partial charge in [-0.3, -0.25) is 10.0 Å². The molecule has 0 amide bonds. The highest BCUT2D eigenvalue weighted by atomic mass is 35.5. The molecule has 5 heteroatoms. The third-order valence-electron chi connectivity index (χ3n) is 2.99. The van der Waals surface area contributed by atoms with Gasteiger partial charge in [0.25, 0.3) is 0 Å². The predicted molar refractivity (Wildman–Crippen MR) is 85.7 cm³/mol. The summed E-state index contributed by atoms with van der Waals surface area (Å²) >= 11 is 5.98. The lowest BCUT2D eigenvalue weighted by molar-refractivity contribution is 0.117. The van der Waals surface area contributed by atoms with E-state index in [2.05, 4.69) is 23.4 Å². The van der Waals surface area contributed by atoms with Crippen LogP contribution in [0.2, 0.25) is 0 Å². The molecule has 0 bridgehead atoms.